The lowest BCUT2D eigenvalue weighted by Crippen LogP contribution is -2.43. The Morgan fingerprint density at radius 2 is 1.96 bits per heavy atom. The zero-order chi connectivity index (χ0) is 18.8. The van der Waals surface area contributed by atoms with E-state index in [9.17, 15) is 14.7 Å². The minimum absolute atomic E-state index is 0.0437. The summed E-state index contributed by atoms with van der Waals surface area (Å²) in [4.78, 5) is 25.6. The quantitative estimate of drug-likeness (QED) is 0.891. The van der Waals surface area contributed by atoms with Gasteiger partial charge in [-0.2, -0.15) is 5.10 Å². The molecule has 1 unspecified atom stereocenters. The molecule has 1 fully saturated rings. The number of carbonyl (C=O) groups is 2. The normalized spacial score (nSPS) is 17.3. The van der Waals surface area contributed by atoms with Gasteiger partial charge in [0.2, 0.25) is 5.91 Å². The average Bonchev–Trinajstić information content (AvgIpc) is 2.90. The molecule has 2 heterocycles. The van der Waals surface area contributed by atoms with Crippen LogP contribution in [0.15, 0.2) is 24.3 Å². The molecule has 1 atom stereocenters. The molecule has 1 aromatic heterocycles. The van der Waals surface area contributed by atoms with Crippen molar-refractivity contribution in [1.82, 2.24) is 14.7 Å². The number of nitrogens with zero attached hydrogens (tertiary/aromatic N) is 3. The number of halogens is 1. The van der Waals surface area contributed by atoms with Gasteiger partial charge >= 0.3 is 5.97 Å². The number of hydrogen-bond acceptors (Lipinski definition) is 3. The molecular weight excluding hydrogens is 354 g/mol. The van der Waals surface area contributed by atoms with Crippen molar-refractivity contribution >= 4 is 23.5 Å². The van der Waals surface area contributed by atoms with Crippen LogP contribution >= 0.6 is 11.6 Å². The molecule has 1 aromatic carbocycles. The summed E-state index contributed by atoms with van der Waals surface area (Å²) >= 11 is 5.94. The van der Waals surface area contributed by atoms with Crippen LogP contribution in [-0.4, -0.2) is 44.8 Å². The third kappa shape index (κ3) is 3.75. The van der Waals surface area contributed by atoms with Crippen molar-refractivity contribution < 1.29 is 14.7 Å². The molecule has 0 aliphatic carbocycles. The number of aromatic nitrogens is 2. The van der Waals surface area contributed by atoms with E-state index >= 15 is 0 Å². The van der Waals surface area contributed by atoms with E-state index in [1.165, 1.54) is 0 Å². The highest BCUT2D eigenvalue weighted by Gasteiger charge is 2.29. The topological polar surface area (TPSA) is 75.4 Å². The molecule has 138 valence electrons. The van der Waals surface area contributed by atoms with E-state index in [4.69, 9.17) is 11.6 Å². The number of benzene rings is 1. The molecule has 3 rings (SSSR count). The van der Waals surface area contributed by atoms with Crippen LogP contribution in [0.1, 0.15) is 29.8 Å². The van der Waals surface area contributed by atoms with Crippen molar-refractivity contribution in [2.75, 3.05) is 13.1 Å². The van der Waals surface area contributed by atoms with Crippen molar-refractivity contribution in [2.45, 2.75) is 33.1 Å². The minimum Gasteiger partial charge on any atom is -0.481 e. The van der Waals surface area contributed by atoms with Gasteiger partial charge in [0.15, 0.2) is 0 Å². The number of carboxylic acids is 1. The fourth-order valence-corrected chi connectivity index (χ4v) is 3.56. The number of hydrogen-bond donors (Lipinski definition) is 1. The van der Waals surface area contributed by atoms with Crippen LogP contribution in [0.25, 0.3) is 5.69 Å². The van der Waals surface area contributed by atoms with Gasteiger partial charge in [-0.15, -0.1) is 0 Å². The first-order valence-electron chi connectivity index (χ1n) is 8.68. The third-order valence-corrected chi connectivity index (χ3v) is 5.22. The van der Waals surface area contributed by atoms with Gasteiger partial charge in [0, 0.05) is 29.4 Å². The summed E-state index contributed by atoms with van der Waals surface area (Å²) in [6.07, 6.45) is 1.59. The fraction of sp³-hybridized carbons (Fsp3) is 0.421. The molecule has 26 heavy (non-hydrogen) atoms. The molecule has 0 radical (unpaired) electrons. The third-order valence-electron chi connectivity index (χ3n) is 4.96. The molecule has 0 spiro atoms. The van der Waals surface area contributed by atoms with Crippen LogP contribution in [0.2, 0.25) is 5.02 Å². The summed E-state index contributed by atoms with van der Waals surface area (Å²) in [6, 6.07) is 7.38. The second kappa shape index (κ2) is 7.50. The highest BCUT2D eigenvalue weighted by atomic mass is 35.5. The molecular formula is C19H22ClN3O3. The first kappa shape index (κ1) is 18.5. The van der Waals surface area contributed by atoms with E-state index in [1.807, 2.05) is 30.7 Å². The van der Waals surface area contributed by atoms with E-state index < -0.39 is 11.9 Å². The Bertz CT molecular complexity index is 829. The molecule has 1 aliphatic rings. The van der Waals surface area contributed by atoms with Crippen molar-refractivity contribution in [3.63, 3.8) is 0 Å². The maximum Gasteiger partial charge on any atom is 0.308 e. The number of aliphatic carboxylic acids is 1. The zero-order valence-electron chi connectivity index (χ0n) is 14.9. The second-order valence-corrected chi connectivity index (χ2v) is 7.17. The fourth-order valence-electron chi connectivity index (χ4n) is 3.43. The van der Waals surface area contributed by atoms with E-state index in [-0.39, 0.29) is 18.9 Å². The lowest BCUT2D eigenvalue weighted by atomic mass is 9.97. The van der Waals surface area contributed by atoms with Gasteiger partial charge in [0.25, 0.3) is 0 Å². The standard InChI is InChI=1S/C19H22ClN3O3/c1-12-17(10-18(24)22-9-3-4-14(11-22)19(25)26)13(2)23(21-12)16-7-5-15(20)6-8-16/h5-8,14H,3-4,9-11H2,1-2H3,(H,25,26). The van der Waals surface area contributed by atoms with Crippen molar-refractivity contribution in [3.05, 3.63) is 46.2 Å². The van der Waals surface area contributed by atoms with Crippen LogP contribution in [0.3, 0.4) is 0 Å². The van der Waals surface area contributed by atoms with Gasteiger partial charge in [-0.25, -0.2) is 4.68 Å². The van der Waals surface area contributed by atoms with Crippen LogP contribution < -0.4 is 0 Å². The predicted octanol–water partition coefficient (Wildman–Crippen LogP) is 3.01. The van der Waals surface area contributed by atoms with Gasteiger partial charge in [0.05, 0.1) is 23.7 Å². The maximum atomic E-state index is 12.7. The summed E-state index contributed by atoms with van der Waals surface area (Å²) in [7, 11) is 0. The Morgan fingerprint density at radius 1 is 1.27 bits per heavy atom. The molecule has 0 bridgehead atoms. The molecule has 1 aliphatic heterocycles. The molecule has 1 saturated heterocycles. The smallest absolute Gasteiger partial charge is 0.308 e. The molecule has 6 nitrogen and oxygen atoms in total. The van der Waals surface area contributed by atoms with Crippen molar-refractivity contribution in [3.8, 4) is 5.69 Å². The van der Waals surface area contributed by atoms with Crippen molar-refractivity contribution in [2.24, 2.45) is 5.92 Å². The molecule has 1 N–H and O–H groups in total. The number of likely N-dealkylation sites (tertiary alicyclic amines) is 1. The zero-order valence-corrected chi connectivity index (χ0v) is 15.7. The van der Waals surface area contributed by atoms with Gasteiger partial charge in [-0.3, -0.25) is 9.59 Å². The second-order valence-electron chi connectivity index (χ2n) is 6.73. The highest BCUT2D eigenvalue weighted by molar-refractivity contribution is 6.30. The van der Waals surface area contributed by atoms with Crippen LogP contribution in [0.5, 0.6) is 0 Å². The largest absolute Gasteiger partial charge is 0.481 e. The number of amides is 1. The summed E-state index contributed by atoms with van der Waals surface area (Å²) in [5.41, 5.74) is 3.49. The van der Waals surface area contributed by atoms with Gasteiger partial charge in [-0.1, -0.05) is 11.6 Å². The van der Waals surface area contributed by atoms with E-state index in [0.29, 0.717) is 18.0 Å². The Labute approximate surface area is 157 Å². The first-order valence-corrected chi connectivity index (χ1v) is 9.06. The summed E-state index contributed by atoms with van der Waals surface area (Å²) in [5, 5.41) is 14.4. The maximum absolute atomic E-state index is 12.7. The van der Waals surface area contributed by atoms with E-state index in [0.717, 1.165) is 29.1 Å². The average molecular weight is 376 g/mol. The molecule has 2 aromatic rings. The SMILES string of the molecule is Cc1nn(-c2ccc(Cl)cc2)c(C)c1CC(=O)N1CCCC(C(=O)O)C1. The minimum atomic E-state index is -0.828. The highest BCUT2D eigenvalue weighted by Crippen LogP contribution is 2.22. The number of rotatable bonds is 4. The lowest BCUT2D eigenvalue weighted by Gasteiger charge is -2.30. The number of piperidine rings is 1. The Morgan fingerprint density at radius 3 is 2.62 bits per heavy atom. The van der Waals surface area contributed by atoms with Crippen LogP contribution in [0, 0.1) is 19.8 Å². The van der Waals surface area contributed by atoms with Crippen LogP contribution in [0.4, 0.5) is 0 Å². The molecule has 7 heteroatoms. The van der Waals surface area contributed by atoms with Crippen molar-refractivity contribution in [1.29, 1.82) is 0 Å². The summed E-state index contributed by atoms with van der Waals surface area (Å²) < 4.78 is 1.81. The predicted molar refractivity (Wildman–Crippen MR) is 98.7 cm³/mol. The Balaban J connectivity index is 1.78. The monoisotopic (exact) mass is 375 g/mol. The Hall–Kier alpha value is -2.34. The Kier molecular flexibility index (Phi) is 5.32. The van der Waals surface area contributed by atoms with E-state index in [2.05, 4.69) is 5.10 Å². The van der Waals surface area contributed by atoms with Crippen LogP contribution in [-0.2, 0) is 16.0 Å². The molecule has 0 saturated carbocycles. The summed E-state index contributed by atoms with van der Waals surface area (Å²) in [6.45, 7) is 4.73. The van der Waals surface area contributed by atoms with E-state index in [1.54, 1.807) is 17.0 Å². The lowest BCUT2D eigenvalue weighted by molar-refractivity contribution is -0.145. The number of carbonyl (C=O) groups excluding carboxylic acids is 1. The number of aryl methyl sites for hydroxylation is 1. The molecule has 1 amide bonds. The summed E-state index contributed by atoms with van der Waals surface area (Å²) in [5.74, 6) is -1.34. The van der Waals surface area contributed by atoms with Gasteiger partial charge in [0.1, 0.15) is 0 Å². The number of carboxylic acid groups (broad SMARTS) is 1. The van der Waals surface area contributed by atoms with Gasteiger partial charge < -0.3 is 10.0 Å². The van der Waals surface area contributed by atoms with Gasteiger partial charge in [-0.05, 0) is 51.0 Å². The first-order chi connectivity index (χ1) is 12.4.